The van der Waals surface area contributed by atoms with Crippen molar-refractivity contribution in [3.63, 3.8) is 0 Å². The number of piperidine rings is 1. The number of ether oxygens (including phenoxy) is 1. The zero-order valence-electron chi connectivity index (χ0n) is 12.5. The van der Waals surface area contributed by atoms with E-state index in [0.29, 0.717) is 6.04 Å². The lowest BCUT2D eigenvalue weighted by atomic mass is 9.91. The first kappa shape index (κ1) is 15.4. The Morgan fingerprint density at radius 2 is 2.06 bits per heavy atom. The molecule has 0 aromatic heterocycles. The number of hydrogen-bond donors (Lipinski definition) is 1. The first-order chi connectivity index (χ1) is 8.42. The molecule has 2 atom stereocenters. The van der Waals surface area contributed by atoms with Crippen molar-refractivity contribution in [2.45, 2.75) is 51.6 Å². The van der Waals surface area contributed by atoms with Crippen molar-refractivity contribution in [2.75, 3.05) is 27.2 Å². The van der Waals surface area contributed by atoms with Crippen molar-refractivity contribution in [1.82, 2.24) is 10.2 Å². The third-order valence-corrected chi connectivity index (χ3v) is 4.33. The number of hydrogen-bond acceptors (Lipinski definition) is 4. The number of nitrogens with zero attached hydrogens (tertiary/aromatic N) is 1. The maximum atomic E-state index is 11.8. The molecule has 18 heavy (non-hydrogen) atoms. The minimum Gasteiger partial charge on any atom is -0.468 e. The molecule has 0 radical (unpaired) electrons. The van der Waals surface area contributed by atoms with Gasteiger partial charge in [0, 0.05) is 6.04 Å². The molecule has 0 aromatic rings. The predicted molar refractivity (Wildman–Crippen MR) is 73.5 cm³/mol. The number of esters is 1. The molecular weight excluding hydrogens is 228 g/mol. The fraction of sp³-hybridized carbons (Fsp3) is 0.929. The van der Waals surface area contributed by atoms with Crippen LogP contribution in [0, 0.1) is 5.92 Å². The lowest BCUT2D eigenvalue weighted by Gasteiger charge is -2.38. The Labute approximate surface area is 111 Å². The van der Waals surface area contributed by atoms with Crippen LogP contribution in [0.2, 0.25) is 0 Å². The van der Waals surface area contributed by atoms with Gasteiger partial charge in [0.05, 0.1) is 7.11 Å². The summed E-state index contributed by atoms with van der Waals surface area (Å²) >= 11 is 0. The van der Waals surface area contributed by atoms with Gasteiger partial charge in [-0.15, -0.1) is 0 Å². The fourth-order valence-corrected chi connectivity index (χ4v) is 2.70. The van der Waals surface area contributed by atoms with Crippen LogP contribution >= 0.6 is 0 Å². The van der Waals surface area contributed by atoms with Crippen LogP contribution in [0.5, 0.6) is 0 Å². The van der Waals surface area contributed by atoms with Gasteiger partial charge in [-0.2, -0.15) is 0 Å². The van der Waals surface area contributed by atoms with E-state index >= 15 is 0 Å². The largest absolute Gasteiger partial charge is 0.468 e. The number of nitrogens with one attached hydrogen (secondary N) is 1. The summed E-state index contributed by atoms with van der Waals surface area (Å²) in [6.07, 6.45) is 3.31. The van der Waals surface area contributed by atoms with Crippen LogP contribution in [-0.4, -0.2) is 49.7 Å². The molecular formula is C14H28N2O2. The Hall–Kier alpha value is -0.610. The Bertz CT molecular complexity index is 275. The third-order valence-electron chi connectivity index (χ3n) is 4.33. The Balaban J connectivity index is 2.56. The van der Waals surface area contributed by atoms with Crippen LogP contribution in [0.15, 0.2) is 0 Å². The van der Waals surface area contributed by atoms with Gasteiger partial charge >= 0.3 is 5.97 Å². The first-order valence-electron chi connectivity index (χ1n) is 6.94. The molecule has 1 N–H and O–H groups in total. The number of likely N-dealkylation sites (tertiary alicyclic amines) is 1. The van der Waals surface area contributed by atoms with Crippen LogP contribution in [0.4, 0.5) is 0 Å². The number of rotatable bonds is 5. The normalized spacial score (nSPS) is 23.4. The molecule has 1 aliphatic heterocycles. The molecule has 1 rings (SSSR count). The van der Waals surface area contributed by atoms with Gasteiger partial charge in [-0.05, 0) is 59.2 Å². The van der Waals surface area contributed by atoms with E-state index in [-0.39, 0.29) is 5.97 Å². The molecule has 1 heterocycles. The second kappa shape index (κ2) is 6.53. The molecule has 0 spiro atoms. The molecule has 1 saturated heterocycles. The maximum Gasteiger partial charge on any atom is 0.325 e. The lowest BCUT2D eigenvalue weighted by molar-refractivity contribution is -0.148. The Morgan fingerprint density at radius 1 is 1.50 bits per heavy atom. The van der Waals surface area contributed by atoms with Crippen LogP contribution in [0.25, 0.3) is 0 Å². The third kappa shape index (κ3) is 3.69. The summed E-state index contributed by atoms with van der Waals surface area (Å²) in [6, 6.07) is 0.397. The molecule has 1 aliphatic rings. The fourth-order valence-electron chi connectivity index (χ4n) is 2.70. The summed E-state index contributed by atoms with van der Waals surface area (Å²) in [5.74, 6) is 0.659. The highest BCUT2D eigenvalue weighted by Gasteiger charge is 2.36. The average molecular weight is 256 g/mol. The summed E-state index contributed by atoms with van der Waals surface area (Å²) in [6.45, 7) is 8.72. The average Bonchev–Trinajstić information content (AvgIpc) is 2.38. The second-order valence-electron chi connectivity index (χ2n) is 5.85. The predicted octanol–water partition coefficient (Wildman–Crippen LogP) is 1.65. The highest BCUT2D eigenvalue weighted by molar-refractivity contribution is 5.80. The number of methoxy groups -OCH3 is 1. The number of carbonyl (C=O) groups excluding carboxylic acids is 1. The van der Waals surface area contributed by atoms with E-state index in [2.05, 4.69) is 24.1 Å². The van der Waals surface area contributed by atoms with Crippen LogP contribution in [-0.2, 0) is 9.53 Å². The molecule has 106 valence electrons. The van der Waals surface area contributed by atoms with Crippen LogP contribution < -0.4 is 5.32 Å². The van der Waals surface area contributed by atoms with E-state index in [1.807, 2.05) is 14.0 Å². The van der Waals surface area contributed by atoms with Crippen molar-refractivity contribution in [3.05, 3.63) is 0 Å². The minimum atomic E-state index is -0.586. The van der Waals surface area contributed by atoms with Gasteiger partial charge in [0.1, 0.15) is 5.54 Å². The SMILES string of the molecule is CNC(C)(CC(C)N1CCC(C)CC1)C(=O)OC. The minimum absolute atomic E-state index is 0.178. The summed E-state index contributed by atoms with van der Waals surface area (Å²) in [4.78, 5) is 14.3. The van der Waals surface area contributed by atoms with Gasteiger partial charge < -0.3 is 15.0 Å². The molecule has 0 amide bonds. The van der Waals surface area contributed by atoms with E-state index in [1.54, 1.807) is 0 Å². The molecule has 1 fully saturated rings. The summed E-state index contributed by atoms with van der Waals surface area (Å²) in [7, 11) is 3.27. The van der Waals surface area contributed by atoms with Gasteiger partial charge in [0.25, 0.3) is 0 Å². The van der Waals surface area contributed by atoms with E-state index < -0.39 is 5.54 Å². The number of carbonyl (C=O) groups is 1. The highest BCUT2D eigenvalue weighted by Crippen LogP contribution is 2.23. The van der Waals surface area contributed by atoms with Gasteiger partial charge in [-0.1, -0.05) is 6.92 Å². The van der Waals surface area contributed by atoms with E-state index in [0.717, 1.165) is 25.4 Å². The molecule has 0 saturated carbocycles. The smallest absolute Gasteiger partial charge is 0.325 e. The Kier molecular flexibility index (Phi) is 5.60. The van der Waals surface area contributed by atoms with Gasteiger partial charge in [-0.25, -0.2) is 0 Å². The standard InChI is InChI=1S/C14H28N2O2/c1-11-6-8-16(9-7-11)12(2)10-14(3,15-4)13(17)18-5/h11-12,15H,6-10H2,1-5H3. The van der Waals surface area contributed by atoms with E-state index in [1.165, 1.54) is 20.0 Å². The molecule has 4 heteroatoms. The van der Waals surface area contributed by atoms with Crippen molar-refractivity contribution in [2.24, 2.45) is 5.92 Å². The molecule has 0 aliphatic carbocycles. The van der Waals surface area contributed by atoms with E-state index in [4.69, 9.17) is 4.74 Å². The summed E-state index contributed by atoms with van der Waals surface area (Å²) in [5, 5.41) is 3.11. The molecule has 0 bridgehead atoms. The summed E-state index contributed by atoms with van der Waals surface area (Å²) < 4.78 is 4.89. The van der Waals surface area contributed by atoms with Crippen LogP contribution in [0.3, 0.4) is 0 Å². The van der Waals surface area contributed by atoms with Crippen molar-refractivity contribution >= 4 is 5.97 Å². The summed E-state index contributed by atoms with van der Waals surface area (Å²) in [5.41, 5.74) is -0.586. The quantitative estimate of drug-likeness (QED) is 0.759. The van der Waals surface area contributed by atoms with E-state index in [9.17, 15) is 4.79 Å². The van der Waals surface area contributed by atoms with Crippen molar-refractivity contribution < 1.29 is 9.53 Å². The van der Waals surface area contributed by atoms with Gasteiger partial charge in [0.2, 0.25) is 0 Å². The van der Waals surface area contributed by atoms with Crippen molar-refractivity contribution in [3.8, 4) is 0 Å². The van der Waals surface area contributed by atoms with Gasteiger partial charge in [0.15, 0.2) is 0 Å². The molecule has 2 unspecified atom stereocenters. The van der Waals surface area contributed by atoms with Crippen LogP contribution in [0.1, 0.15) is 40.0 Å². The highest BCUT2D eigenvalue weighted by atomic mass is 16.5. The lowest BCUT2D eigenvalue weighted by Crippen LogP contribution is -2.53. The van der Waals surface area contributed by atoms with Crippen molar-refractivity contribution in [1.29, 1.82) is 0 Å². The molecule has 0 aromatic carbocycles. The number of likely N-dealkylation sites (N-methyl/N-ethyl adjacent to an activating group) is 1. The van der Waals surface area contributed by atoms with Gasteiger partial charge in [-0.3, -0.25) is 4.79 Å². The zero-order valence-corrected chi connectivity index (χ0v) is 12.5. The zero-order chi connectivity index (χ0) is 13.8. The first-order valence-corrected chi connectivity index (χ1v) is 6.94. The maximum absolute atomic E-state index is 11.8. The monoisotopic (exact) mass is 256 g/mol. The molecule has 4 nitrogen and oxygen atoms in total. The second-order valence-corrected chi connectivity index (χ2v) is 5.85. The Morgan fingerprint density at radius 3 is 2.50 bits per heavy atom. The topological polar surface area (TPSA) is 41.6 Å².